The molecule has 0 fully saturated rings. The molecule has 0 aliphatic carbocycles. The average molecular weight is 407 g/mol. The number of halogens is 2. The number of hydrogen-bond acceptors (Lipinski definition) is 3. The zero-order valence-electron chi connectivity index (χ0n) is 10.2. The molecule has 0 radical (unpaired) electrons. The van der Waals surface area contributed by atoms with Gasteiger partial charge in [0.25, 0.3) is 10.0 Å². The molecule has 106 valence electrons. The maximum atomic E-state index is 13.8. The molecule has 0 atom stereocenters. The summed E-state index contributed by atoms with van der Waals surface area (Å²) in [5, 5.41) is 8.88. The van der Waals surface area contributed by atoms with Crippen LogP contribution in [0.5, 0.6) is 0 Å². The lowest BCUT2D eigenvalue weighted by Gasteiger charge is -2.09. The molecule has 20 heavy (non-hydrogen) atoms. The zero-order chi connectivity index (χ0) is 14.8. The molecular formula is C13H11FINO3S. The number of sulfonamides is 1. The van der Waals surface area contributed by atoms with Crippen LogP contribution in [0.2, 0.25) is 0 Å². The molecule has 0 aliphatic rings. The van der Waals surface area contributed by atoms with Gasteiger partial charge in [-0.05, 0) is 64.6 Å². The fraction of sp³-hybridized carbons (Fsp3) is 0.0769. The van der Waals surface area contributed by atoms with Gasteiger partial charge in [-0.2, -0.15) is 0 Å². The van der Waals surface area contributed by atoms with Crippen molar-refractivity contribution in [3.8, 4) is 0 Å². The topological polar surface area (TPSA) is 66.4 Å². The van der Waals surface area contributed by atoms with E-state index in [0.717, 1.165) is 15.7 Å². The van der Waals surface area contributed by atoms with Gasteiger partial charge in [-0.15, -0.1) is 0 Å². The number of aliphatic hydroxyl groups is 1. The van der Waals surface area contributed by atoms with Crippen LogP contribution in [0.25, 0.3) is 0 Å². The summed E-state index contributed by atoms with van der Waals surface area (Å²) >= 11 is 2.10. The third kappa shape index (κ3) is 3.47. The van der Waals surface area contributed by atoms with Crippen LogP contribution in [0.3, 0.4) is 0 Å². The molecule has 2 N–H and O–H groups in total. The lowest BCUT2D eigenvalue weighted by molar-refractivity contribution is 0.281. The van der Waals surface area contributed by atoms with Gasteiger partial charge in [-0.1, -0.05) is 6.07 Å². The Morgan fingerprint density at radius 3 is 2.35 bits per heavy atom. The average Bonchev–Trinajstić information content (AvgIpc) is 2.40. The Labute approximate surface area is 129 Å². The van der Waals surface area contributed by atoms with Crippen molar-refractivity contribution in [3.05, 3.63) is 57.4 Å². The first kappa shape index (κ1) is 15.2. The predicted molar refractivity (Wildman–Crippen MR) is 82.3 cm³/mol. The van der Waals surface area contributed by atoms with Gasteiger partial charge >= 0.3 is 0 Å². The first-order chi connectivity index (χ1) is 9.42. The van der Waals surface area contributed by atoms with E-state index >= 15 is 0 Å². The van der Waals surface area contributed by atoms with Gasteiger partial charge in [-0.3, -0.25) is 4.72 Å². The van der Waals surface area contributed by atoms with Crippen LogP contribution in [0.1, 0.15) is 5.56 Å². The molecule has 0 amide bonds. The van der Waals surface area contributed by atoms with Crippen molar-refractivity contribution < 1.29 is 17.9 Å². The molecule has 2 rings (SSSR count). The van der Waals surface area contributed by atoms with Crippen molar-refractivity contribution in [2.24, 2.45) is 0 Å². The summed E-state index contributed by atoms with van der Waals surface area (Å²) < 4.78 is 41.2. The van der Waals surface area contributed by atoms with Crippen LogP contribution < -0.4 is 4.72 Å². The summed E-state index contributed by atoms with van der Waals surface area (Å²) in [6, 6.07) is 10.2. The maximum Gasteiger partial charge on any atom is 0.264 e. The fourth-order valence-corrected chi connectivity index (χ4v) is 3.07. The maximum absolute atomic E-state index is 13.8. The van der Waals surface area contributed by atoms with Crippen LogP contribution in [0, 0.1) is 9.39 Å². The normalized spacial score (nSPS) is 11.3. The van der Waals surface area contributed by atoms with Crippen molar-refractivity contribution in [1.82, 2.24) is 0 Å². The van der Waals surface area contributed by atoms with E-state index in [2.05, 4.69) is 27.3 Å². The van der Waals surface area contributed by atoms with Crippen molar-refractivity contribution in [2.75, 3.05) is 4.72 Å². The number of rotatable bonds is 4. The molecular weight excluding hydrogens is 396 g/mol. The standard InChI is InChI=1S/C13H11FINO3S/c14-12-7-9(8-17)1-6-13(12)20(18,19)16-11-4-2-10(15)3-5-11/h1-7,16-17H,8H2. The minimum atomic E-state index is -3.99. The summed E-state index contributed by atoms with van der Waals surface area (Å²) in [4.78, 5) is -0.451. The Morgan fingerprint density at radius 1 is 1.15 bits per heavy atom. The van der Waals surface area contributed by atoms with Crippen molar-refractivity contribution in [1.29, 1.82) is 0 Å². The van der Waals surface area contributed by atoms with Crippen molar-refractivity contribution >= 4 is 38.3 Å². The Morgan fingerprint density at radius 2 is 1.80 bits per heavy atom. The van der Waals surface area contributed by atoms with Gasteiger partial charge in [0.15, 0.2) is 0 Å². The molecule has 0 heterocycles. The van der Waals surface area contributed by atoms with E-state index in [1.807, 2.05) is 0 Å². The number of benzene rings is 2. The van der Waals surface area contributed by atoms with Crippen LogP contribution in [0.15, 0.2) is 47.4 Å². The highest BCUT2D eigenvalue weighted by Gasteiger charge is 2.19. The Balaban J connectivity index is 2.33. The van der Waals surface area contributed by atoms with E-state index < -0.39 is 20.7 Å². The molecule has 4 nitrogen and oxygen atoms in total. The molecule has 7 heteroatoms. The Bertz CT molecular complexity index is 717. The highest BCUT2D eigenvalue weighted by molar-refractivity contribution is 14.1. The Hall–Kier alpha value is -1.19. The third-order valence-electron chi connectivity index (χ3n) is 2.56. The molecule has 0 bridgehead atoms. The number of nitrogens with one attached hydrogen (secondary N) is 1. The molecule has 2 aromatic rings. The van der Waals surface area contributed by atoms with Crippen LogP contribution >= 0.6 is 22.6 Å². The Kier molecular flexibility index (Phi) is 4.61. The van der Waals surface area contributed by atoms with Crippen LogP contribution in [-0.4, -0.2) is 13.5 Å². The van der Waals surface area contributed by atoms with E-state index in [0.29, 0.717) is 11.3 Å². The number of aliphatic hydroxyl groups excluding tert-OH is 1. The highest BCUT2D eigenvalue weighted by atomic mass is 127. The molecule has 0 saturated heterocycles. The molecule has 0 unspecified atom stereocenters. The van der Waals surface area contributed by atoms with Gasteiger partial charge < -0.3 is 5.11 Å². The number of hydrogen-bond donors (Lipinski definition) is 2. The second-order valence-corrected chi connectivity index (χ2v) is 6.93. The second kappa shape index (κ2) is 6.06. The van der Waals surface area contributed by atoms with Gasteiger partial charge in [0.2, 0.25) is 0 Å². The molecule has 0 saturated carbocycles. The molecule has 0 spiro atoms. The van der Waals surface area contributed by atoms with Gasteiger partial charge in [0.05, 0.1) is 6.61 Å². The van der Waals surface area contributed by atoms with Crippen LogP contribution in [0.4, 0.5) is 10.1 Å². The minimum absolute atomic E-state index is 0.315. The molecule has 2 aromatic carbocycles. The second-order valence-electron chi connectivity index (χ2n) is 4.04. The highest BCUT2D eigenvalue weighted by Crippen LogP contribution is 2.20. The monoisotopic (exact) mass is 407 g/mol. The van der Waals surface area contributed by atoms with E-state index in [9.17, 15) is 12.8 Å². The summed E-state index contributed by atoms with van der Waals surface area (Å²) in [5.41, 5.74) is 0.673. The first-order valence-corrected chi connectivity index (χ1v) is 8.16. The lowest BCUT2D eigenvalue weighted by Crippen LogP contribution is -2.14. The zero-order valence-corrected chi connectivity index (χ0v) is 13.2. The van der Waals surface area contributed by atoms with Gasteiger partial charge in [0, 0.05) is 9.26 Å². The quantitative estimate of drug-likeness (QED) is 0.767. The van der Waals surface area contributed by atoms with E-state index in [4.69, 9.17) is 5.11 Å². The molecule has 0 aromatic heterocycles. The summed E-state index contributed by atoms with van der Waals surface area (Å²) in [6.45, 7) is -0.345. The largest absolute Gasteiger partial charge is 0.392 e. The lowest BCUT2D eigenvalue weighted by atomic mass is 10.2. The van der Waals surface area contributed by atoms with Gasteiger partial charge in [0.1, 0.15) is 10.7 Å². The third-order valence-corrected chi connectivity index (χ3v) is 4.70. The summed E-state index contributed by atoms with van der Waals surface area (Å²) in [5.74, 6) is -0.894. The predicted octanol–water partition coefficient (Wildman–Crippen LogP) is 2.72. The van der Waals surface area contributed by atoms with E-state index in [1.165, 1.54) is 6.07 Å². The summed E-state index contributed by atoms with van der Waals surface area (Å²) in [6.07, 6.45) is 0. The fourth-order valence-electron chi connectivity index (χ4n) is 1.59. The number of anilines is 1. The van der Waals surface area contributed by atoms with E-state index in [-0.39, 0.29) is 6.61 Å². The summed E-state index contributed by atoms with van der Waals surface area (Å²) in [7, 11) is -3.99. The first-order valence-electron chi connectivity index (χ1n) is 5.60. The van der Waals surface area contributed by atoms with E-state index in [1.54, 1.807) is 24.3 Å². The van der Waals surface area contributed by atoms with Crippen LogP contribution in [-0.2, 0) is 16.6 Å². The molecule has 0 aliphatic heterocycles. The van der Waals surface area contributed by atoms with Crippen molar-refractivity contribution in [2.45, 2.75) is 11.5 Å². The SMILES string of the molecule is O=S(=O)(Nc1ccc(I)cc1)c1ccc(CO)cc1F. The van der Waals surface area contributed by atoms with Crippen molar-refractivity contribution in [3.63, 3.8) is 0 Å². The van der Waals surface area contributed by atoms with Gasteiger partial charge in [-0.25, -0.2) is 12.8 Å². The smallest absolute Gasteiger partial charge is 0.264 e. The minimum Gasteiger partial charge on any atom is -0.392 e.